The number of carbonyl (C=O) groups is 1. The first-order valence-electron chi connectivity index (χ1n) is 8.13. The number of fused-ring (bicyclic) bond motifs is 1. The largest absolute Gasteiger partial charge is 0.549 e. The molecule has 2 aromatic heterocycles. The summed E-state index contributed by atoms with van der Waals surface area (Å²) in [6.07, 6.45) is 0. The molecule has 3 rings (SSSR count). The summed E-state index contributed by atoms with van der Waals surface area (Å²) in [7, 11) is 2.86. The number of rotatable bonds is 4. The molecule has 140 valence electrons. The van der Waals surface area contributed by atoms with Gasteiger partial charge in [-0.05, 0) is 19.9 Å². The van der Waals surface area contributed by atoms with Crippen LogP contribution in [0.25, 0.3) is 22.4 Å². The van der Waals surface area contributed by atoms with Crippen molar-refractivity contribution in [2.45, 2.75) is 24.1 Å². The normalized spacial score (nSPS) is 12.3. The number of carboxylic acids is 1. The first-order valence-corrected chi connectivity index (χ1v) is 9.01. The maximum absolute atomic E-state index is 12.7. The predicted octanol–water partition coefficient (Wildman–Crippen LogP) is 0.233. The van der Waals surface area contributed by atoms with E-state index in [1.807, 2.05) is 31.2 Å². The highest BCUT2D eigenvalue weighted by atomic mass is 32.2. The Balaban J connectivity index is 2.40. The van der Waals surface area contributed by atoms with E-state index in [2.05, 4.69) is 9.97 Å². The summed E-state index contributed by atoms with van der Waals surface area (Å²) >= 11 is 0.890. The maximum Gasteiger partial charge on any atom is 0.332 e. The SMILES string of the molecule is Cc1cccc(-c2nc(S[C@@H](C)C(=O)[O-])c3c(=O)n(C)c(=O)n(C)c3n2)c1. The van der Waals surface area contributed by atoms with Crippen LogP contribution in [0, 0.1) is 6.92 Å². The topological polar surface area (TPSA) is 110 Å². The second-order valence-electron chi connectivity index (χ2n) is 6.21. The monoisotopic (exact) mass is 385 g/mol. The molecule has 0 amide bonds. The predicted molar refractivity (Wildman–Crippen MR) is 101 cm³/mol. The fourth-order valence-electron chi connectivity index (χ4n) is 2.64. The fourth-order valence-corrected chi connectivity index (χ4v) is 3.51. The van der Waals surface area contributed by atoms with Crippen molar-refractivity contribution in [3.63, 3.8) is 0 Å². The first kappa shape index (κ1) is 18.8. The fraction of sp³-hybridized carbons (Fsp3) is 0.278. The number of nitrogens with zero attached hydrogens (tertiary/aromatic N) is 4. The molecule has 0 aliphatic rings. The van der Waals surface area contributed by atoms with Crippen LogP contribution in [-0.2, 0) is 18.9 Å². The number of aryl methyl sites for hydroxylation is 2. The van der Waals surface area contributed by atoms with Gasteiger partial charge in [0.25, 0.3) is 5.56 Å². The van der Waals surface area contributed by atoms with E-state index in [0.717, 1.165) is 21.9 Å². The van der Waals surface area contributed by atoms with Crippen molar-refractivity contribution in [1.29, 1.82) is 0 Å². The number of aliphatic carboxylic acids is 1. The molecule has 0 N–H and O–H groups in total. The van der Waals surface area contributed by atoms with Crippen LogP contribution < -0.4 is 16.4 Å². The Labute approximate surface area is 158 Å². The zero-order chi connectivity index (χ0) is 19.9. The van der Waals surface area contributed by atoms with E-state index in [9.17, 15) is 19.5 Å². The highest BCUT2D eigenvalue weighted by Gasteiger charge is 2.20. The van der Waals surface area contributed by atoms with Crippen molar-refractivity contribution in [3.05, 3.63) is 50.7 Å². The summed E-state index contributed by atoms with van der Waals surface area (Å²) in [5.74, 6) is -0.965. The van der Waals surface area contributed by atoms with E-state index < -0.39 is 22.5 Å². The van der Waals surface area contributed by atoms with Crippen LogP contribution in [0.5, 0.6) is 0 Å². The van der Waals surface area contributed by atoms with Crippen molar-refractivity contribution in [1.82, 2.24) is 19.1 Å². The summed E-state index contributed by atoms with van der Waals surface area (Å²) in [5.41, 5.74) is 0.754. The Hall–Kier alpha value is -2.94. The van der Waals surface area contributed by atoms with Gasteiger partial charge in [-0.2, -0.15) is 0 Å². The molecule has 27 heavy (non-hydrogen) atoms. The molecule has 3 aromatic rings. The summed E-state index contributed by atoms with van der Waals surface area (Å²) < 4.78 is 2.21. The van der Waals surface area contributed by atoms with Crippen molar-refractivity contribution < 1.29 is 9.90 Å². The molecule has 0 bridgehead atoms. The Kier molecular flexibility index (Phi) is 4.88. The molecule has 1 aromatic carbocycles. The Bertz CT molecular complexity index is 1180. The molecule has 0 aliphatic carbocycles. The van der Waals surface area contributed by atoms with Gasteiger partial charge in [0.05, 0.1) is 5.97 Å². The Morgan fingerprint density at radius 3 is 2.52 bits per heavy atom. The average molecular weight is 385 g/mol. The van der Waals surface area contributed by atoms with E-state index in [0.29, 0.717) is 11.4 Å². The second-order valence-corrected chi connectivity index (χ2v) is 7.53. The highest BCUT2D eigenvalue weighted by Crippen LogP contribution is 2.28. The van der Waals surface area contributed by atoms with Crippen LogP contribution in [0.4, 0.5) is 0 Å². The molecule has 0 fully saturated rings. The van der Waals surface area contributed by atoms with Crippen LogP contribution in [0.1, 0.15) is 12.5 Å². The lowest BCUT2D eigenvalue weighted by molar-refractivity contribution is -0.304. The van der Waals surface area contributed by atoms with Gasteiger partial charge in [-0.3, -0.25) is 13.9 Å². The van der Waals surface area contributed by atoms with E-state index in [-0.39, 0.29) is 16.1 Å². The van der Waals surface area contributed by atoms with Crippen LogP contribution >= 0.6 is 11.8 Å². The van der Waals surface area contributed by atoms with Gasteiger partial charge < -0.3 is 9.90 Å². The summed E-state index contributed by atoms with van der Waals surface area (Å²) in [4.78, 5) is 45.0. The lowest BCUT2D eigenvalue weighted by Gasteiger charge is -2.15. The molecular weight excluding hydrogens is 368 g/mol. The number of aromatic nitrogens is 4. The molecule has 1 atom stereocenters. The number of thioether (sulfide) groups is 1. The minimum absolute atomic E-state index is 0.106. The first-order chi connectivity index (χ1) is 12.7. The van der Waals surface area contributed by atoms with Crippen molar-refractivity contribution in [2.24, 2.45) is 14.1 Å². The number of benzene rings is 1. The zero-order valence-electron chi connectivity index (χ0n) is 15.2. The summed E-state index contributed by atoms with van der Waals surface area (Å²) in [6.45, 7) is 3.37. The molecule has 2 heterocycles. The number of carboxylic acid groups (broad SMARTS) is 1. The zero-order valence-corrected chi connectivity index (χ0v) is 16.0. The lowest BCUT2D eigenvalue weighted by Crippen LogP contribution is -2.38. The van der Waals surface area contributed by atoms with Crippen LogP contribution in [-0.4, -0.2) is 30.3 Å². The third-order valence-electron chi connectivity index (χ3n) is 4.16. The molecule has 0 saturated carbocycles. The molecular formula is C18H17N4O4S-. The van der Waals surface area contributed by atoms with E-state index in [1.54, 1.807) is 0 Å². The van der Waals surface area contributed by atoms with Gasteiger partial charge in [-0.1, -0.05) is 35.5 Å². The van der Waals surface area contributed by atoms with E-state index in [4.69, 9.17) is 0 Å². The number of hydrogen-bond donors (Lipinski definition) is 0. The van der Waals surface area contributed by atoms with Gasteiger partial charge in [0.2, 0.25) is 0 Å². The van der Waals surface area contributed by atoms with Crippen LogP contribution in [0.2, 0.25) is 0 Å². The van der Waals surface area contributed by atoms with Crippen LogP contribution in [0.15, 0.2) is 38.9 Å². The summed E-state index contributed by atoms with van der Waals surface area (Å²) in [5, 5.41) is 10.6. The van der Waals surface area contributed by atoms with Gasteiger partial charge in [0.1, 0.15) is 10.4 Å². The third kappa shape index (κ3) is 3.37. The molecule has 9 heteroatoms. The standard InChI is InChI=1S/C18H18N4O4S/c1-9-6-5-7-11(8-9)13-19-14-12(15(20-13)27-10(2)17(24)25)16(23)22(4)18(26)21(14)3/h5-8,10H,1-4H3,(H,24,25)/p-1/t10-/m0/s1. The molecule has 0 aliphatic heterocycles. The van der Waals surface area contributed by atoms with Crippen molar-refractivity contribution >= 4 is 28.8 Å². The number of hydrogen-bond acceptors (Lipinski definition) is 7. The minimum Gasteiger partial charge on any atom is -0.549 e. The quantitative estimate of drug-likeness (QED) is 0.467. The smallest absolute Gasteiger partial charge is 0.332 e. The minimum atomic E-state index is -1.27. The van der Waals surface area contributed by atoms with Crippen molar-refractivity contribution in [2.75, 3.05) is 0 Å². The van der Waals surface area contributed by atoms with Gasteiger partial charge in [0, 0.05) is 24.9 Å². The van der Waals surface area contributed by atoms with Gasteiger partial charge in [-0.15, -0.1) is 0 Å². The highest BCUT2D eigenvalue weighted by molar-refractivity contribution is 8.00. The molecule has 0 saturated heterocycles. The third-order valence-corrected chi connectivity index (χ3v) is 5.23. The Morgan fingerprint density at radius 1 is 1.19 bits per heavy atom. The molecule has 0 radical (unpaired) electrons. The van der Waals surface area contributed by atoms with Gasteiger partial charge >= 0.3 is 5.69 Å². The number of carbonyl (C=O) groups excluding carboxylic acids is 1. The van der Waals surface area contributed by atoms with E-state index >= 15 is 0 Å². The van der Waals surface area contributed by atoms with Crippen molar-refractivity contribution in [3.8, 4) is 11.4 Å². The average Bonchev–Trinajstić information content (AvgIpc) is 2.63. The van der Waals surface area contributed by atoms with Gasteiger partial charge in [-0.25, -0.2) is 14.8 Å². The van der Waals surface area contributed by atoms with E-state index in [1.165, 1.54) is 25.6 Å². The molecule has 0 unspecified atom stereocenters. The van der Waals surface area contributed by atoms with Crippen LogP contribution in [0.3, 0.4) is 0 Å². The molecule has 8 nitrogen and oxygen atoms in total. The lowest BCUT2D eigenvalue weighted by atomic mass is 10.1. The molecule has 0 spiro atoms. The maximum atomic E-state index is 12.7. The van der Waals surface area contributed by atoms with Gasteiger partial charge in [0.15, 0.2) is 11.5 Å². The second kappa shape index (κ2) is 6.99. The Morgan fingerprint density at radius 2 is 1.89 bits per heavy atom. The summed E-state index contributed by atoms with van der Waals surface area (Å²) in [6, 6.07) is 7.45.